The Morgan fingerprint density at radius 1 is 1.11 bits per heavy atom. The lowest BCUT2D eigenvalue weighted by molar-refractivity contribution is -0.135. The van der Waals surface area contributed by atoms with Crippen molar-refractivity contribution in [3.8, 4) is 0 Å². The molecule has 0 aliphatic carbocycles. The molecular weight excluding hydrogens is 342 g/mol. The highest BCUT2D eigenvalue weighted by atomic mass is 16.2. The number of hydrogen-bond acceptors (Lipinski definition) is 4. The van der Waals surface area contributed by atoms with E-state index in [4.69, 9.17) is 0 Å². The van der Waals surface area contributed by atoms with E-state index < -0.39 is 0 Å². The molecular formula is C20H27N5O2. The summed E-state index contributed by atoms with van der Waals surface area (Å²) in [4.78, 5) is 28.7. The normalized spacial score (nSPS) is 21.5. The number of hydrogen-bond donors (Lipinski definition) is 0. The van der Waals surface area contributed by atoms with Crippen molar-refractivity contribution in [2.75, 3.05) is 26.2 Å². The molecule has 2 amide bonds. The van der Waals surface area contributed by atoms with E-state index in [1.54, 1.807) is 0 Å². The molecule has 2 aliphatic rings. The summed E-state index contributed by atoms with van der Waals surface area (Å²) in [6.45, 7) is 2.82. The lowest BCUT2D eigenvalue weighted by Crippen LogP contribution is -2.41. The molecule has 4 rings (SSSR count). The van der Waals surface area contributed by atoms with Gasteiger partial charge in [0, 0.05) is 51.1 Å². The van der Waals surface area contributed by atoms with Crippen LogP contribution in [0.3, 0.4) is 0 Å². The van der Waals surface area contributed by atoms with Crippen molar-refractivity contribution in [3.05, 3.63) is 30.2 Å². The molecule has 0 aromatic carbocycles. The van der Waals surface area contributed by atoms with Crippen LogP contribution < -0.4 is 0 Å². The zero-order valence-corrected chi connectivity index (χ0v) is 15.7. The maximum atomic E-state index is 12.8. The number of nitrogens with zero attached hydrogens (tertiary/aromatic N) is 5. The summed E-state index contributed by atoms with van der Waals surface area (Å²) < 4.78 is 2.02. The minimum atomic E-state index is 0.144. The largest absolute Gasteiger partial charge is 0.342 e. The molecule has 0 saturated carbocycles. The SMILES string of the molecule is O=C1CCCCCN1CCC(=O)N1CCCC(c2nnc3ccccn23)C1. The smallest absolute Gasteiger partial charge is 0.224 e. The van der Waals surface area contributed by atoms with Gasteiger partial charge in [-0.3, -0.25) is 14.0 Å². The predicted octanol–water partition coefficient (Wildman–Crippen LogP) is 2.23. The highest BCUT2D eigenvalue weighted by molar-refractivity contribution is 5.79. The van der Waals surface area contributed by atoms with E-state index in [0.717, 1.165) is 56.7 Å². The maximum Gasteiger partial charge on any atom is 0.224 e. The van der Waals surface area contributed by atoms with Crippen LogP contribution in [0.25, 0.3) is 5.65 Å². The summed E-state index contributed by atoms with van der Waals surface area (Å²) in [6.07, 6.45) is 8.14. The van der Waals surface area contributed by atoms with Crippen molar-refractivity contribution in [1.29, 1.82) is 0 Å². The summed E-state index contributed by atoms with van der Waals surface area (Å²) >= 11 is 0. The van der Waals surface area contributed by atoms with Crippen LogP contribution in [-0.4, -0.2) is 62.4 Å². The molecule has 0 N–H and O–H groups in total. The van der Waals surface area contributed by atoms with Gasteiger partial charge in [-0.1, -0.05) is 12.5 Å². The minimum absolute atomic E-state index is 0.144. The third-order valence-electron chi connectivity index (χ3n) is 5.75. The van der Waals surface area contributed by atoms with E-state index in [2.05, 4.69) is 10.2 Å². The van der Waals surface area contributed by atoms with Crippen LogP contribution in [0, 0.1) is 0 Å². The van der Waals surface area contributed by atoms with Crippen LogP contribution in [-0.2, 0) is 9.59 Å². The van der Waals surface area contributed by atoms with Gasteiger partial charge in [-0.25, -0.2) is 0 Å². The number of likely N-dealkylation sites (tertiary alicyclic amines) is 2. The molecule has 1 unspecified atom stereocenters. The summed E-state index contributed by atoms with van der Waals surface area (Å²) in [6, 6.07) is 5.87. The number of pyridine rings is 1. The Morgan fingerprint density at radius 3 is 2.96 bits per heavy atom. The fourth-order valence-corrected chi connectivity index (χ4v) is 4.22. The van der Waals surface area contributed by atoms with Gasteiger partial charge in [0.2, 0.25) is 11.8 Å². The maximum absolute atomic E-state index is 12.8. The molecule has 1 atom stereocenters. The summed E-state index contributed by atoms with van der Waals surface area (Å²) in [5.74, 6) is 1.49. The topological polar surface area (TPSA) is 70.8 Å². The van der Waals surface area contributed by atoms with Gasteiger partial charge in [0.25, 0.3) is 0 Å². The van der Waals surface area contributed by atoms with Crippen LogP contribution in [0.2, 0.25) is 0 Å². The first-order chi connectivity index (χ1) is 13.2. The first-order valence-electron chi connectivity index (χ1n) is 10.1. The number of amides is 2. The number of piperidine rings is 1. The first kappa shape index (κ1) is 17.9. The first-order valence-corrected chi connectivity index (χ1v) is 10.1. The number of rotatable bonds is 4. The van der Waals surface area contributed by atoms with Gasteiger partial charge in [-0.2, -0.15) is 0 Å². The second-order valence-electron chi connectivity index (χ2n) is 7.61. The van der Waals surface area contributed by atoms with Crippen molar-refractivity contribution < 1.29 is 9.59 Å². The highest BCUT2D eigenvalue weighted by Crippen LogP contribution is 2.26. The second kappa shape index (κ2) is 8.06. The van der Waals surface area contributed by atoms with Crippen molar-refractivity contribution >= 4 is 17.5 Å². The Morgan fingerprint density at radius 2 is 2.04 bits per heavy atom. The Labute approximate surface area is 159 Å². The highest BCUT2D eigenvalue weighted by Gasteiger charge is 2.28. The van der Waals surface area contributed by atoms with Gasteiger partial charge in [0.15, 0.2) is 5.65 Å². The monoisotopic (exact) mass is 369 g/mol. The number of fused-ring (bicyclic) bond motifs is 1. The van der Waals surface area contributed by atoms with Crippen molar-refractivity contribution in [3.63, 3.8) is 0 Å². The molecule has 2 saturated heterocycles. The molecule has 4 heterocycles. The van der Waals surface area contributed by atoms with Gasteiger partial charge in [0.05, 0.1) is 0 Å². The molecule has 27 heavy (non-hydrogen) atoms. The van der Waals surface area contributed by atoms with E-state index in [1.807, 2.05) is 38.6 Å². The van der Waals surface area contributed by atoms with Crippen molar-refractivity contribution in [1.82, 2.24) is 24.4 Å². The van der Waals surface area contributed by atoms with Gasteiger partial charge >= 0.3 is 0 Å². The molecule has 2 aromatic heterocycles. The molecule has 2 fully saturated rings. The fourth-order valence-electron chi connectivity index (χ4n) is 4.22. The third-order valence-corrected chi connectivity index (χ3v) is 5.75. The summed E-state index contributed by atoms with van der Waals surface area (Å²) in [7, 11) is 0. The molecule has 0 spiro atoms. The van der Waals surface area contributed by atoms with Gasteiger partial charge in [0.1, 0.15) is 5.82 Å². The number of aromatic nitrogens is 3. The number of carbonyl (C=O) groups is 2. The van der Waals surface area contributed by atoms with Crippen molar-refractivity contribution in [2.24, 2.45) is 0 Å². The molecule has 2 aromatic rings. The molecule has 7 heteroatoms. The lowest BCUT2D eigenvalue weighted by atomic mass is 9.97. The molecule has 0 bridgehead atoms. The van der Waals surface area contributed by atoms with Gasteiger partial charge in [-0.15, -0.1) is 10.2 Å². The summed E-state index contributed by atoms with van der Waals surface area (Å²) in [5.41, 5.74) is 0.843. The average Bonchev–Trinajstić information content (AvgIpc) is 3.03. The van der Waals surface area contributed by atoms with Crippen LogP contribution >= 0.6 is 0 Å². The van der Waals surface area contributed by atoms with E-state index in [1.165, 1.54) is 0 Å². The molecule has 144 valence electrons. The van der Waals surface area contributed by atoms with Crippen LogP contribution in [0.15, 0.2) is 24.4 Å². The van der Waals surface area contributed by atoms with Gasteiger partial charge in [-0.05, 0) is 37.8 Å². The Balaban J connectivity index is 1.37. The van der Waals surface area contributed by atoms with Crippen molar-refractivity contribution in [2.45, 2.75) is 50.9 Å². The van der Waals surface area contributed by atoms with E-state index in [9.17, 15) is 9.59 Å². The van der Waals surface area contributed by atoms with Crippen LogP contribution in [0.4, 0.5) is 0 Å². The van der Waals surface area contributed by atoms with Crippen LogP contribution in [0.1, 0.15) is 56.7 Å². The molecule has 7 nitrogen and oxygen atoms in total. The summed E-state index contributed by atoms with van der Waals surface area (Å²) in [5, 5.41) is 8.62. The Kier molecular flexibility index (Phi) is 5.36. The third kappa shape index (κ3) is 3.96. The Bertz CT molecular complexity index is 818. The van der Waals surface area contributed by atoms with E-state index >= 15 is 0 Å². The van der Waals surface area contributed by atoms with Crippen LogP contribution in [0.5, 0.6) is 0 Å². The lowest BCUT2D eigenvalue weighted by Gasteiger charge is -2.32. The molecule has 2 aliphatic heterocycles. The Hall–Kier alpha value is -2.44. The zero-order valence-electron chi connectivity index (χ0n) is 15.7. The van der Waals surface area contributed by atoms with Gasteiger partial charge < -0.3 is 9.80 Å². The number of carbonyl (C=O) groups excluding carboxylic acids is 2. The fraction of sp³-hybridized carbons (Fsp3) is 0.600. The van der Waals surface area contributed by atoms with E-state index in [-0.39, 0.29) is 17.7 Å². The second-order valence-corrected chi connectivity index (χ2v) is 7.61. The quantitative estimate of drug-likeness (QED) is 0.829. The predicted molar refractivity (Wildman–Crippen MR) is 101 cm³/mol. The molecule has 0 radical (unpaired) electrons. The standard InChI is InChI=1S/C20H27N5O2/c26-18-9-2-1-4-11-23(18)14-10-19(27)24-12-6-7-16(15-24)20-22-21-17-8-3-5-13-25(17)20/h3,5,8,13,16H,1-2,4,6-7,9-12,14-15H2. The average molecular weight is 369 g/mol. The minimum Gasteiger partial charge on any atom is -0.342 e. The zero-order chi connectivity index (χ0) is 18.6. The van der Waals surface area contributed by atoms with E-state index in [0.29, 0.717) is 25.9 Å².